The topological polar surface area (TPSA) is 114 Å². The molecule has 0 atom stereocenters. The third-order valence-electron chi connectivity index (χ3n) is 2.96. The lowest BCUT2D eigenvalue weighted by Crippen LogP contribution is -2.50. The number of hydrogen-bond acceptors (Lipinski definition) is 5. The predicted octanol–water partition coefficient (Wildman–Crippen LogP) is 1.58. The van der Waals surface area contributed by atoms with Gasteiger partial charge in [-0.3, -0.25) is 14.9 Å². The summed E-state index contributed by atoms with van der Waals surface area (Å²) in [6.07, 6.45) is 1.14. The van der Waals surface area contributed by atoms with Crippen LogP contribution in [0.5, 0.6) is 0 Å². The molecular weight excluding hydrogens is 290 g/mol. The average molecular weight is 302 g/mol. The molecule has 8 nitrogen and oxygen atoms in total. The molecular formula is C11H12ClN3O5. The van der Waals surface area contributed by atoms with Gasteiger partial charge in [-0.25, -0.2) is 9.78 Å². The first-order valence-electron chi connectivity index (χ1n) is 5.41. The van der Waals surface area contributed by atoms with Gasteiger partial charge in [0.15, 0.2) is 0 Å². The molecule has 0 aromatic carbocycles. The van der Waals surface area contributed by atoms with Crippen LogP contribution in [0.25, 0.3) is 0 Å². The van der Waals surface area contributed by atoms with Crippen molar-refractivity contribution in [2.24, 2.45) is 0 Å². The molecule has 0 saturated carbocycles. The summed E-state index contributed by atoms with van der Waals surface area (Å²) in [7, 11) is 1.24. The lowest BCUT2D eigenvalue weighted by Gasteiger charge is -2.31. The van der Waals surface area contributed by atoms with Crippen LogP contribution in [0.15, 0.2) is 12.3 Å². The molecule has 1 aromatic heterocycles. The van der Waals surface area contributed by atoms with Gasteiger partial charge in [0.2, 0.25) is 5.15 Å². The van der Waals surface area contributed by atoms with Crippen molar-refractivity contribution in [3.8, 4) is 0 Å². The normalized spacial score (nSPS) is 11.0. The number of pyridine rings is 1. The number of likely N-dealkylation sites (N-methyl/N-ethyl adjacent to an activating group) is 1. The van der Waals surface area contributed by atoms with E-state index in [0.717, 1.165) is 17.2 Å². The van der Waals surface area contributed by atoms with Gasteiger partial charge in [-0.15, -0.1) is 0 Å². The third-order valence-corrected chi connectivity index (χ3v) is 3.24. The van der Waals surface area contributed by atoms with Gasteiger partial charge in [-0.05, 0) is 19.9 Å². The molecule has 1 rings (SSSR count). The van der Waals surface area contributed by atoms with Crippen molar-refractivity contribution in [3.05, 3.63) is 33.1 Å². The highest BCUT2D eigenvalue weighted by molar-refractivity contribution is 6.32. The van der Waals surface area contributed by atoms with Crippen LogP contribution in [0.3, 0.4) is 0 Å². The number of amides is 1. The number of rotatable bonds is 4. The highest BCUT2D eigenvalue weighted by Gasteiger charge is 2.38. The molecule has 1 heterocycles. The number of carbonyl (C=O) groups is 2. The van der Waals surface area contributed by atoms with E-state index in [1.54, 1.807) is 0 Å². The first-order valence-corrected chi connectivity index (χ1v) is 5.79. The van der Waals surface area contributed by atoms with Crippen LogP contribution in [0.4, 0.5) is 5.69 Å². The molecule has 0 aliphatic carbocycles. The van der Waals surface area contributed by atoms with Crippen LogP contribution in [-0.4, -0.2) is 44.4 Å². The van der Waals surface area contributed by atoms with E-state index in [1.807, 2.05) is 0 Å². The molecule has 0 unspecified atom stereocenters. The molecule has 1 N–H and O–H groups in total. The van der Waals surface area contributed by atoms with Crippen molar-refractivity contribution in [1.29, 1.82) is 0 Å². The Morgan fingerprint density at radius 2 is 2.05 bits per heavy atom. The van der Waals surface area contributed by atoms with Crippen molar-refractivity contribution in [3.63, 3.8) is 0 Å². The number of nitrogens with zero attached hydrogens (tertiary/aromatic N) is 3. The van der Waals surface area contributed by atoms with E-state index in [1.165, 1.54) is 20.9 Å². The number of hydrogen-bond donors (Lipinski definition) is 1. The van der Waals surface area contributed by atoms with Crippen LogP contribution < -0.4 is 0 Å². The van der Waals surface area contributed by atoms with Gasteiger partial charge < -0.3 is 10.0 Å². The smallest absolute Gasteiger partial charge is 0.329 e. The number of aromatic nitrogens is 1. The zero-order valence-corrected chi connectivity index (χ0v) is 11.7. The van der Waals surface area contributed by atoms with Crippen LogP contribution in [0, 0.1) is 10.1 Å². The van der Waals surface area contributed by atoms with E-state index in [0.29, 0.717) is 0 Å². The summed E-state index contributed by atoms with van der Waals surface area (Å²) < 4.78 is 0. The Labute approximate surface area is 119 Å². The molecule has 108 valence electrons. The van der Waals surface area contributed by atoms with E-state index < -0.39 is 33.2 Å². The first-order chi connectivity index (χ1) is 9.10. The Balaban J connectivity index is 3.33. The Morgan fingerprint density at radius 3 is 2.50 bits per heavy atom. The fourth-order valence-corrected chi connectivity index (χ4v) is 1.58. The molecule has 0 aliphatic rings. The second kappa shape index (κ2) is 5.41. The van der Waals surface area contributed by atoms with E-state index in [9.17, 15) is 19.7 Å². The number of carbonyl (C=O) groups excluding carboxylic acids is 1. The van der Waals surface area contributed by atoms with Gasteiger partial charge >= 0.3 is 11.7 Å². The predicted molar refractivity (Wildman–Crippen MR) is 69.7 cm³/mol. The minimum Gasteiger partial charge on any atom is -0.480 e. The lowest BCUT2D eigenvalue weighted by atomic mass is 10.0. The summed E-state index contributed by atoms with van der Waals surface area (Å²) in [5.41, 5.74) is -2.49. The lowest BCUT2D eigenvalue weighted by molar-refractivity contribution is -0.385. The van der Waals surface area contributed by atoms with Gasteiger partial charge in [-0.1, -0.05) is 11.6 Å². The molecule has 0 spiro atoms. The van der Waals surface area contributed by atoms with Gasteiger partial charge in [0, 0.05) is 13.2 Å². The SMILES string of the molecule is CN(C(=O)c1ccnc(Cl)c1[N+](=O)[O-])C(C)(C)C(=O)O. The number of carboxylic acid groups (broad SMARTS) is 1. The molecule has 0 bridgehead atoms. The zero-order valence-electron chi connectivity index (χ0n) is 11.0. The number of nitro groups is 1. The molecule has 9 heteroatoms. The highest BCUT2D eigenvalue weighted by atomic mass is 35.5. The summed E-state index contributed by atoms with van der Waals surface area (Å²) in [4.78, 5) is 37.9. The molecule has 1 amide bonds. The fourth-order valence-electron chi connectivity index (χ4n) is 1.35. The minimum absolute atomic E-state index is 0.313. The summed E-state index contributed by atoms with van der Waals surface area (Å²) in [5, 5.41) is 19.6. The first kappa shape index (κ1) is 15.8. The van der Waals surface area contributed by atoms with E-state index in [-0.39, 0.29) is 5.56 Å². The Morgan fingerprint density at radius 1 is 1.50 bits per heavy atom. The van der Waals surface area contributed by atoms with Gasteiger partial charge in [-0.2, -0.15) is 0 Å². The number of carboxylic acids is 1. The van der Waals surface area contributed by atoms with Crippen LogP contribution >= 0.6 is 11.6 Å². The molecule has 0 aliphatic heterocycles. The van der Waals surface area contributed by atoms with Crippen LogP contribution in [-0.2, 0) is 4.79 Å². The number of halogens is 1. The van der Waals surface area contributed by atoms with Crippen LogP contribution in [0.1, 0.15) is 24.2 Å². The van der Waals surface area contributed by atoms with Crippen LogP contribution in [0.2, 0.25) is 5.15 Å². The van der Waals surface area contributed by atoms with Crippen molar-refractivity contribution in [1.82, 2.24) is 9.88 Å². The second-order valence-corrected chi connectivity index (χ2v) is 4.84. The van der Waals surface area contributed by atoms with Crippen molar-refractivity contribution >= 4 is 29.2 Å². The number of aliphatic carboxylic acids is 1. The summed E-state index contributed by atoms with van der Waals surface area (Å²) in [6, 6.07) is 1.13. The minimum atomic E-state index is -1.53. The largest absolute Gasteiger partial charge is 0.480 e. The average Bonchev–Trinajstić information content (AvgIpc) is 2.35. The van der Waals surface area contributed by atoms with Gasteiger partial charge in [0.1, 0.15) is 11.1 Å². The van der Waals surface area contributed by atoms with Crippen molar-refractivity contribution in [2.45, 2.75) is 19.4 Å². The van der Waals surface area contributed by atoms with Gasteiger partial charge in [0.25, 0.3) is 5.91 Å². The Bertz CT molecular complexity index is 587. The van der Waals surface area contributed by atoms with E-state index >= 15 is 0 Å². The quantitative estimate of drug-likeness (QED) is 0.513. The highest BCUT2D eigenvalue weighted by Crippen LogP contribution is 2.28. The maximum atomic E-state index is 12.2. The summed E-state index contributed by atoms with van der Waals surface area (Å²) in [5.74, 6) is -2.07. The van der Waals surface area contributed by atoms with Crippen molar-refractivity contribution in [2.75, 3.05) is 7.05 Å². The second-order valence-electron chi connectivity index (χ2n) is 4.48. The Kier molecular flexibility index (Phi) is 4.29. The van der Waals surface area contributed by atoms with Gasteiger partial charge in [0.05, 0.1) is 4.92 Å². The summed E-state index contributed by atoms with van der Waals surface area (Å²) >= 11 is 5.61. The molecule has 0 fully saturated rings. The molecule has 1 aromatic rings. The third kappa shape index (κ3) is 2.69. The maximum Gasteiger partial charge on any atom is 0.329 e. The standard InChI is InChI=1S/C11H12ClN3O5/c1-11(2,10(17)18)14(3)9(16)6-4-5-13-8(12)7(6)15(19)20/h4-5H,1-3H3,(H,17,18). The zero-order chi connectivity index (χ0) is 15.7. The van der Waals surface area contributed by atoms with E-state index in [4.69, 9.17) is 16.7 Å². The Hall–Kier alpha value is -2.22. The monoisotopic (exact) mass is 301 g/mol. The maximum absolute atomic E-state index is 12.2. The van der Waals surface area contributed by atoms with E-state index in [2.05, 4.69) is 4.98 Å². The fraction of sp³-hybridized carbons (Fsp3) is 0.364. The molecule has 0 saturated heterocycles. The summed E-state index contributed by atoms with van der Waals surface area (Å²) in [6.45, 7) is 2.61. The molecule has 20 heavy (non-hydrogen) atoms. The molecule has 0 radical (unpaired) electrons. The van der Waals surface area contributed by atoms with Crippen molar-refractivity contribution < 1.29 is 19.6 Å².